The van der Waals surface area contributed by atoms with E-state index in [-0.39, 0.29) is 6.23 Å². The fourth-order valence-corrected chi connectivity index (χ4v) is 3.61. The molecule has 1 aromatic rings. The maximum atomic E-state index is 10.3. The van der Waals surface area contributed by atoms with Gasteiger partial charge >= 0.3 is 0 Å². The highest BCUT2D eigenvalue weighted by molar-refractivity contribution is 9.10. The van der Waals surface area contributed by atoms with Gasteiger partial charge in [-0.2, -0.15) is 0 Å². The van der Waals surface area contributed by atoms with Crippen LogP contribution >= 0.6 is 15.9 Å². The van der Waals surface area contributed by atoms with Crippen LogP contribution in [0.25, 0.3) is 0 Å². The molecule has 0 bridgehead atoms. The highest BCUT2D eigenvalue weighted by atomic mass is 79.9. The summed E-state index contributed by atoms with van der Waals surface area (Å²) < 4.78 is 12.5. The van der Waals surface area contributed by atoms with Crippen molar-refractivity contribution in [2.24, 2.45) is 0 Å². The molecular weight excluding hydrogens is 346 g/mol. The van der Waals surface area contributed by atoms with Gasteiger partial charge in [-0.25, -0.2) is 4.90 Å². The molecule has 1 heterocycles. The second kappa shape index (κ2) is 6.97. The molecule has 4 nitrogen and oxygen atoms in total. The van der Waals surface area contributed by atoms with Gasteiger partial charge in [-0.1, -0.05) is 28.1 Å². The SMILES string of the molecule is COCN1[C@@H](CCC2(O)CCC2)CO[C@@H]1c1ccc(Br)cc1. The zero-order valence-corrected chi connectivity index (χ0v) is 14.6. The fourth-order valence-electron chi connectivity index (χ4n) is 3.34. The van der Waals surface area contributed by atoms with Crippen molar-refractivity contribution in [2.45, 2.75) is 50.0 Å². The standard InChI is InChI=1S/C17H24BrNO3/c1-21-12-19-15(7-10-17(20)8-2-9-17)11-22-16(19)13-3-5-14(18)6-4-13/h3-6,15-16,20H,2,7-12H2,1H3/t15-,16+/m0/s1. The molecule has 1 N–H and O–H groups in total. The van der Waals surface area contributed by atoms with E-state index in [1.165, 1.54) is 0 Å². The van der Waals surface area contributed by atoms with E-state index in [4.69, 9.17) is 9.47 Å². The molecule has 0 spiro atoms. The van der Waals surface area contributed by atoms with Gasteiger partial charge in [0.25, 0.3) is 0 Å². The summed E-state index contributed by atoms with van der Waals surface area (Å²) in [6.07, 6.45) is 4.79. The number of benzene rings is 1. The van der Waals surface area contributed by atoms with E-state index in [1.807, 2.05) is 12.1 Å². The minimum Gasteiger partial charge on any atom is -0.390 e. The molecule has 0 aromatic heterocycles. The molecule has 1 aliphatic heterocycles. The minimum absolute atomic E-state index is 0.0610. The topological polar surface area (TPSA) is 41.9 Å². The van der Waals surface area contributed by atoms with Gasteiger partial charge in [-0.15, -0.1) is 0 Å². The van der Waals surface area contributed by atoms with Gasteiger partial charge in [-0.3, -0.25) is 0 Å². The first-order chi connectivity index (χ1) is 10.6. The highest BCUT2D eigenvalue weighted by Gasteiger charge is 2.39. The maximum absolute atomic E-state index is 10.3. The molecule has 1 aromatic carbocycles. The van der Waals surface area contributed by atoms with Gasteiger partial charge in [0.2, 0.25) is 0 Å². The van der Waals surface area contributed by atoms with Crippen LogP contribution in [-0.2, 0) is 9.47 Å². The summed E-state index contributed by atoms with van der Waals surface area (Å²) in [5, 5.41) is 10.3. The molecule has 2 fully saturated rings. The molecule has 0 amide bonds. The number of hydrogen-bond donors (Lipinski definition) is 1. The van der Waals surface area contributed by atoms with Crippen molar-refractivity contribution in [3.63, 3.8) is 0 Å². The van der Waals surface area contributed by atoms with Crippen LogP contribution in [0.5, 0.6) is 0 Å². The van der Waals surface area contributed by atoms with E-state index < -0.39 is 5.60 Å². The van der Waals surface area contributed by atoms with Crippen molar-refractivity contribution in [1.82, 2.24) is 4.90 Å². The fraction of sp³-hybridized carbons (Fsp3) is 0.647. The Kier molecular flexibility index (Phi) is 5.20. The third-order valence-electron chi connectivity index (χ3n) is 4.88. The largest absolute Gasteiger partial charge is 0.390 e. The number of rotatable bonds is 6. The molecule has 2 atom stereocenters. The third-order valence-corrected chi connectivity index (χ3v) is 5.41. The quantitative estimate of drug-likeness (QED) is 0.833. The lowest BCUT2D eigenvalue weighted by Crippen LogP contribution is -2.40. The lowest BCUT2D eigenvalue weighted by atomic mass is 9.76. The number of nitrogens with zero attached hydrogens (tertiary/aromatic N) is 1. The van der Waals surface area contributed by atoms with E-state index in [0.29, 0.717) is 19.4 Å². The first-order valence-corrected chi connectivity index (χ1v) is 8.75. The van der Waals surface area contributed by atoms with Crippen LogP contribution in [-0.4, -0.2) is 42.1 Å². The molecule has 22 heavy (non-hydrogen) atoms. The van der Waals surface area contributed by atoms with Crippen LogP contribution < -0.4 is 0 Å². The lowest BCUT2D eigenvalue weighted by molar-refractivity contribution is -0.0552. The smallest absolute Gasteiger partial charge is 0.138 e. The highest BCUT2D eigenvalue weighted by Crippen LogP contribution is 2.39. The monoisotopic (exact) mass is 369 g/mol. The van der Waals surface area contributed by atoms with Crippen molar-refractivity contribution < 1.29 is 14.6 Å². The molecule has 3 rings (SSSR count). The number of methoxy groups -OCH3 is 1. The van der Waals surface area contributed by atoms with Crippen LogP contribution in [0.15, 0.2) is 28.7 Å². The van der Waals surface area contributed by atoms with Gasteiger partial charge in [0, 0.05) is 17.6 Å². The van der Waals surface area contributed by atoms with Crippen LogP contribution in [0, 0.1) is 0 Å². The van der Waals surface area contributed by atoms with Crippen molar-refractivity contribution in [1.29, 1.82) is 0 Å². The van der Waals surface area contributed by atoms with Crippen LogP contribution in [0.2, 0.25) is 0 Å². The maximum Gasteiger partial charge on any atom is 0.138 e. The first kappa shape index (κ1) is 16.4. The Morgan fingerprint density at radius 2 is 2.09 bits per heavy atom. The zero-order chi connectivity index (χ0) is 15.6. The van der Waals surface area contributed by atoms with E-state index in [9.17, 15) is 5.11 Å². The van der Waals surface area contributed by atoms with Gasteiger partial charge in [0.05, 0.1) is 12.2 Å². The average molecular weight is 370 g/mol. The minimum atomic E-state index is -0.422. The van der Waals surface area contributed by atoms with Crippen LogP contribution in [0.3, 0.4) is 0 Å². The predicted molar refractivity (Wildman–Crippen MR) is 88.4 cm³/mol. The Balaban J connectivity index is 1.65. The summed E-state index contributed by atoms with van der Waals surface area (Å²) in [5.74, 6) is 0. The molecule has 0 unspecified atom stereocenters. The van der Waals surface area contributed by atoms with Crippen LogP contribution in [0.1, 0.15) is 43.9 Å². The zero-order valence-electron chi connectivity index (χ0n) is 13.0. The molecule has 1 saturated heterocycles. The molecule has 5 heteroatoms. The van der Waals surface area contributed by atoms with Crippen molar-refractivity contribution in [3.05, 3.63) is 34.3 Å². The summed E-state index contributed by atoms with van der Waals surface area (Å²) in [4.78, 5) is 2.26. The van der Waals surface area contributed by atoms with Crippen molar-refractivity contribution in [2.75, 3.05) is 20.4 Å². The van der Waals surface area contributed by atoms with E-state index in [0.717, 1.165) is 42.1 Å². The second-order valence-electron chi connectivity index (χ2n) is 6.44. The molecule has 0 radical (unpaired) electrons. The Hall–Kier alpha value is -0.460. The van der Waals surface area contributed by atoms with Gasteiger partial charge < -0.3 is 14.6 Å². The number of hydrogen-bond acceptors (Lipinski definition) is 4. The van der Waals surface area contributed by atoms with Gasteiger partial charge in [0.15, 0.2) is 0 Å². The molecule has 2 aliphatic rings. The summed E-state index contributed by atoms with van der Waals surface area (Å²) >= 11 is 3.47. The molecule has 1 saturated carbocycles. The second-order valence-corrected chi connectivity index (χ2v) is 7.36. The first-order valence-electron chi connectivity index (χ1n) is 7.95. The summed E-state index contributed by atoms with van der Waals surface area (Å²) in [5.41, 5.74) is 0.721. The normalized spacial score (nSPS) is 27.8. The summed E-state index contributed by atoms with van der Waals surface area (Å²) in [6.45, 7) is 1.24. The predicted octanol–water partition coefficient (Wildman–Crippen LogP) is 3.45. The van der Waals surface area contributed by atoms with Crippen molar-refractivity contribution in [3.8, 4) is 0 Å². The molecule has 1 aliphatic carbocycles. The average Bonchev–Trinajstić information content (AvgIpc) is 2.87. The Morgan fingerprint density at radius 1 is 1.36 bits per heavy atom. The number of halogens is 1. The van der Waals surface area contributed by atoms with Gasteiger partial charge in [-0.05, 0) is 49.8 Å². The molecular formula is C17H24BrNO3. The number of aliphatic hydroxyl groups is 1. The Morgan fingerprint density at radius 3 is 2.68 bits per heavy atom. The van der Waals surface area contributed by atoms with E-state index >= 15 is 0 Å². The summed E-state index contributed by atoms with van der Waals surface area (Å²) in [6, 6.07) is 8.54. The Bertz CT molecular complexity index is 489. The van der Waals surface area contributed by atoms with Crippen LogP contribution in [0.4, 0.5) is 0 Å². The third kappa shape index (κ3) is 3.54. The Labute approximate surface area is 140 Å². The summed E-state index contributed by atoms with van der Waals surface area (Å²) in [7, 11) is 1.72. The number of ether oxygens (including phenoxy) is 2. The van der Waals surface area contributed by atoms with E-state index in [1.54, 1.807) is 7.11 Å². The van der Waals surface area contributed by atoms with Gasteiger partial charge in [0.1, 0.15) is 13.0 Å². The molecule has 122 valence electrons. The van der Waals surface area contributed by atoms with Crippen molar-refractivity contribution >= 4 is 15.9 Å². The lowest BCUT2D eigenvalue weighted by Gasteiger charge is -2.38. The van der Waals surface area contributed by atoms with E-state index in [2.05, 4.69) is 33.0 Å².